The van der Waals surface area contributed by atoms with Crippen LogP contribution >= 0.6 is 0 Å². The Morgan fingerprint density at radius 3 is 1.12 bits per heavy atom. The van der Waals surface area contributed by atoms with Crippen LogP contribution in [0.2, 0.25) is 0 Å². The highest BCUT2D eigenvalue weighted by molar-refractivity contribution is 6.35. The molecule has 0 radical (unpaired) electrons. The minimum absolute atomic E-state index is 0.0707. The zero-order chi connectivity index (χ0) is 62.6. The number of anilines is 4. The van der Waals surface area contributed by atoms with Gasteiger partial charge in [-0.15, -0.1) is 0 Å². The van der Waals surface area contributed by atoms with Gasteiger partial charge < -0.3 is 25.6 Å². The average Bonchev–Trinajstić information content (AvgIpc) is 1.26. The topological polar surface area (TPSA) is 183 Å². The Morgan fingerprint density at radius 2 is 0.774 bits per heavy atom. The van der Waals surface area contributed by atoms with Crippen LogP contribution in [0.25, 0.3) is 0 Å². The largest absolute Gasteiger partial charge is 0.457 e. The van der Waals surface area contributed by atoms with E-state index in [1.54, 1.807) is 17.6 Å². The number of nitrogens with zero attached hydrogens (tertiary/aromatic N) is 2. The van der Waals surface area contributed by atoms with Crippen LogP contribution in [-0.4, -0.2) is 82.7 Å². The maximum atomic E-state index is 15.4. The molecule has 6 aromatic rings. The van der Waals surface area contributed by atoms with Crippen molar-refractivity contribution in [3.8, 4) is 11.5 Å². The summed E-state index contributed by atoms with van der Waals surface area (Å²) in [5, 5.41) is 23.8. The molecule has 0 aliphatic carbocycles. The summed E-state index contributed by atoms with van der Waals surface area (Å²) < 4.78 is 268. The monoisotopic (exact) mass is 1210 g/mol. The second-order valence-electron chi connectivity index (χ2n) is 18.6. The van der Waals surface area contributed by atoms with E-state index in [0.29, 0.717) is 72.0 Å². The molecule has 0 unspecified atom stereocenters. The lowest BCUT2D eigenvalue weighted by atomic mass is 9.71. The molecule has 4 N–H and O–H groups in total. The number of amides is 6. The van der Waals surface area contributed by atoms with Crippen LogP contribution in [0.5, 0.6) is 11.5 Å². The molecule has 31 heteroatoms. The van der Waals surface area contributed by atoms with Gasteiger partial charge >= 0.3 is 37.1 Å². The lowest BCUT2D eigenvalue weighted by Gasteiger charge is -2.38. The number of carbonyl (C=O) groups excluding carboxylic acids is 6. The molecule has 0 atom stereocenters. The van der Waals surface area contributed by atoms with Crippen LogP contribution in [0.4, 0.5) is 102 Å². The quantitative estimate of drug-likeness (QED) is 0.0724. The predicted molar refractivity (Wildman–Crippen MR) is 253 cm³/mol. The first-order chi connectivity index (χ1) is 38.5. The number of benzene rings is 6. The molecule has 6 aromatic carbocycles. The number of rotatable bonds is 11. The van der Waals surface area contributed by atoms with Crippen molar-refractivity contribution < 1.29 is 123 Å². The first kappa shape index (κ1) is 61.1. The maximum absolute atomic E-state index is 15.4. The van der Waals surface area contributed by atoms with Crippen molar-refractivity contribution >= 4 is 58.2 Å². The zero-order valence-electron chi connectivity index (χ0n) is 41.5. The molecular formula is C53H30F18N4O9. The van der Waals surface area contributed by atoms with Gasteiger partial charge in [0.05, 0.1) is 33.6 Å². The number of hydrogen-bond acceptors (Lipinski definition) is 9. The molecule has 0 saturated carbocycles. The Bertz CT molecular complexity index is 3680. The maximum Gasteiger partial charge on any atom is 0.430 e. The molecule has 2 aliphatic rings. The second-order valence-corrected chi connectivity index (χ2v) is 18.6. The highest BCUT2D eigenvalue weighted by Crippen LogP contribution is 2.58. The van der Waals surface area contributed by atoms with Crippen LogP contribution in [0.1, 0.15) is 86.5 Å². The van der Waals surface area contributed by atoms with E-state index in [-0.39, 0.29) is 53.1 Å². The predicted octanol–water partition coefficient (Wildman–Crippen LogP) is 12.6. The fraction of sp³-hybridized carbons (Fsp3) is 0.208. The van der Waals surface area contributed by atoms with Gasteiger partial charge in [-0.1, -0.05) is 29.8 Å². The van der Waals surface area contributed by atoms with Gasteiger partial charge in [0.15, 0.2) is 0 Å². The normalized spacial score (nSPS) is 14.7. The number of ether oxygens (including phenoxy) is 1. The number of imide groups is 2. The standard InChI is InChI=1S/C53H30F18N4O9/c1-23-3-9-28(10-4-23)74-41(78)32-15-7-26(19-34(32)43(74)80)45(48(54,55)56,49(57,58)59)27-8-16-33-35(20-27)44(81)75(42(33)79)29-11-5-25(6-12-29)40(77)73-39-18-14-31(22-37(39)47(83,52(66,67)68)53(69,70)71)84-30-13-17-38(72-24(2)76)36(21-30)46(82,50(60,61)62)51(63,64)65/h3-22,82-83H,1-2H3,(H,72,76)(H,73,77). The smallest absolute Gasteiger partial charge is 0.430 e. The van der Waals surface area contributed by atoms with Crippen molar-refractivity contribution in [2.75, 3.05) is 20.4 Å². The van der Waals surface area contributed by atoms with Gasteiger partial charge in [-0.25, -0.2) is 9.80 Å². The molecule has 0 saturated heterocycles. The van der Waals surface area contributed by atoms with E-state index in [1.165, 1.54) is 24.3 Å². The number of aryl methyl sites for hydroxylation is 1. The molecule has 0 aromatic heterocycles. The van der Waals surface area contributed by atoms with E-state index in [1.807, 2.05) is 0 Å². The molecule has 84 heavy (non-hydrogen) atoms. The first-order valence-corrected chi connectivity index (χ1v) is 23.2. The number of fused-ring (bicyclic) bond motifs is 2. The summed E-state index contributed by atoms with van der Waals surface area (Å²) in [5.74, 6) is -11.0. The highest BCUT2D eigenvalue weighted by atomic mass is 19.4. The van der Waals surface area contributed by atoms with Crippen LogP contribution < -0.4 is 25.2 Å². The summed E-state index contributed by atoms with van der Waals surface area (Å²) in [6.07, 6.45) is -39.5. The molecule has 2 aliphatic heterocycles. The van der Waals surface area contributed by atoms with E-state index in [0.717, 1.165) is 0 Å². The lowest BCUT2D eigenvalue weighted by Crippen LogP contribution is -2.55. The number of carbonyl (C=O) groups is 6. The molecule has 442 valence electrons. The van der Waals surface area contributed by atoms with Gasteiger partial charge in [-0.2, -0.15) is 79.0 Å². The van der Waals surface area contributed by atoms with Gasteiger partial charge in [0.25, 0.3) is 40.7 Å². The summed E-state index contributed by atoms with van der Waals surface area (Å²) in [6.45, 7) is 2.26. The Labute approximate surface area is 456 Å². The fourth-order valence-electron chi connectivity index (χ4n) is 9.30. The summed E-state index contributed by atoms with van der Waals surface area (Å²) in [5.41, 5.74) is -31.9. The van der Waals surface area contributed by atoms with Crippen molar-refractivity contribution in [1.29, 1.82) is 0 Å². The number of aliphatic hydroxyl groups is 2. The van der Waals surface area contributed by atoms with Gasteiger partial charge in [-0.05, 0) is 115 Å². The molecule has 0 bridgehead atoms. The van der Waals surface area contributed by atoms with Crippen molar-refractivity contribution in [3.05, 3.63) is 177 Å². The lowest BCUT2D eigenvalue weighted by molar-refractivity contribution is -0.376. The summed E-state index contributed by atoms with van der Waals surface area (Å²) in [6, 6.07) is 10.8. The Balaban J connectivity index is 1.11. The zero-order valence-corrected chi connectivity index (χ0v) is 41.5. The first-order valence-electron chi connectivity index (χ1n) is 23.2. The third kappa shape index (κ3) is 9.75. The van der Waals surface area contributed by atoms with Crippen LogP contribution in [0.15, 0.2) is 121 Å². The fourth-order valence-corrected chi connectivity index (χ4v) is 9.30. The molecule has 0 spiro atoms. The molecule has 8 rings (SSSR count). The number of halogens is 18. The molecule has 13 nitrogen and oxygen atoms in total. The number of alkyl halides is 18. The number of nitrogens with one attached hydrogen (secondary N) is 2. The summed E-state index contributed by atoms with van der Waals surface area (Å²) >= 11 is 0. The van der Waals surface area contributed by atoms with Crippen molar-refractivity contribution in [1.82, 2.24) is 0 Å². The van der Waals surface area contributed by atoms with Crippen molar-refractivity contribution in [2.24, 2.45) is 0 Å². The molecule has 2 heterocycles. The van der Waals surface area contributed by atoms with E-state index in [9.17, 15) is 91.7 Å². The molecule has 0 fully saturated rings. The van der Waals surface area contributed by atoms with Crippen molar-refractivity contribution in [2.45, 2.75) is 67.5 Å². The van der Waals surface area contributed by atoms with Crippen LogP contribution in [-0.2, 0) is 21.4 Å². The highest BCUT2D eigenvalue weighted by Gasteiger charge is 2.75. The van der Waals surface area contributed by atoms with Gasteiger partial charge in [0, 0.05) is 35.0 Å². The second kappa shape index (κ2) is 20.1. The van der Waals surface area contributed by atoms with Crippen molar-refractivity contribution in [3.63, 3.8) is 0 Å². The van der Waals surface area contributed by atoms with E-state index < -0.39 is 168 Å². The summed E-state index contributed by atoms with van der Waals surface area (Å²) in [4.78, 5) is 80.2. The minimum Gasteiger partial charge on any atom is -0.457 e. The van der Waals surface area contributed by atoms with E-state index >= 15 is 26.3 Å². The third-order valence-electron chi connectivity index (χ3n) is 13.4. The van der Waals surface area contributed by atoms with Crippen LogP contribution in [0, 0.1) is 6.92 Å². The van der Waals surface area contributed by atoms with Crippen LogP contribution in [0.3, 0.4) is 0 Å². The number of hydrogen-bond donors (Lipinski definition) is 4. The Morgan fingerprint density at radius 1 is 0.429 bits per heavy atom. The Hall–Kier alpha value is -9.00. The minimum atomic E-state index is -6.78. The molecule has 6 amide bonds. The third-order valence-corrected chi connectivity index (χ3v) is 13.4. The van der Waals surface area contributed by atoms with Gasteiger partial charge in [0.1, 0.15) is 11.5 Å². The molecular weight excluding hydrogens is 1180 g/mol. The summed E-state index contributed by atoms with van der Waals surface area (Å²) in [7, 11) is 0. The van der Waals surface area contributed by atoms with Gasteiger partial charge in [0.2, 0.25) is 11.3 Å². The Kier molecular flexibility index (Phi) is 14.6. The van der Waals surface area contributed by atoms with E-state index in [4.69, 9.17) is 4.74 Å². The SMILES string of the molecule is CC(=O)Nc1ccc(Oc2ccc(NC(=O)c3ccc(N4C(=O)c5ccc(C(c6ccc7c(c6)C(=O)N(c6ccc(C)cc6)C7=O)(C(F)(F)F)C(F)(F)F)cc5C4=O)cc3)c(C(O)(C(F)(F)F)C(F)(F)F)c2)cc1C(O)(C(F)(F)F)C(F)(F)F. The van der Waals surface area contributed by atoms with E-state index in [2.05, 4.69) is 0 Å². The average molecular weight is 1210 g/mol. The van der Waals surface area contributed by atoms with Gasteiger partial charge in [-0.3, -0.25) is 28.8 Å².